The van der Waals surface area contributed by atoms with E-state index in [1.54, 1.807) is 0 Å². The van der Waals surface area contributed by atoms with Crippen molar-refractivity contribution in [2.75, 3.05) is 0 Å². The lowest BCUT2D eigenvalue weighted by atomic mass is 9.92. The summed E-state index contributed by atoms with van der Waals surface area (Å²) in [6, 6.07) is 86.3. The molecule has 3 heterocycles. The second-order valence-corrected chi connectivity index (χ2v) is 18.2. The quantitative estimate of drug-likeness (QED) is 0.153. The zero-order valence-electron chi connectivity index (χ0n) is 36.8. The van der Waals surface area contributed by atoms with Crippen LogP contribution in [0.2, 0.25) is 0 Å². The first-order valence-corrected chi connectivity index (χ1v) is 23.7. The minimum atomic E-state index is 0.597. The zero-order valence-corrected chi connectivity index (χ0v) is 37.6. The van der Waals surface area contributed by atoms with Crippen molar-refractivity contribution in [3.05, 3.63) is 243 Å². The summed E-state index contributed by atoms with van der Waals surface area (Å²) in [6.45, 7) is 0. The van der Waals surface area contributed by atoms with Gasteiger partial charge in [0.2, 0.25) is 0 Å². The lowest BCUT2D eigenvalue weighted by Crippen LogP contribution is -2.04. The lowest BCUT2D eigenvalue weighted by molar-refractivity contribution is 1.07. The second-order valence-electron chi connectivity index (χ2n) is 17.1. The van der Waals surface area contributed by atoms with Crippen LogP contribution in [0.5, 0.6) is 0 Å². The molecule has 0 fully saturated rings. The van der Waals surface area contributed by atoms with Gasteiger partial charge in [0.15, 0.2) is 17.5 Å². The van der Waals surface area contributed by atoms with Gasteiger partial charge in [-0.3, -0.25) is 0 Å². The van der Waals surface area contributed by atoms with E-state index in [9.17, 15) is 0 Å². The summed E-state index contributed by atoms with van der Waals surface area (Å²) >= 11 is 1.88. The fraction of sp³-hybridized carbons (Fsp3) is 0. The average molecular weight is 885 g/mol. The maximum atomic E-state index is 5.36. The summed E-state index contributed by atoms with van der Waals surface area (Å²) in [5.41, 5.74) is 15.1. The third-order valence-corrected chi connectivity index (χ3v) is 14.3. The van der Waals surface area contributed by atoms with Crippen LogP contribution in [-0.4, -0.2) is 19.5 Å². The van der Waals surface area contributed by atoms with Gasteiger partial charge in [0.05, 0.1) is 16.7 Å². The van der Waals surface area contributed by atoms with Crippen LogP contribution in [0.3, 0.4) is 0 Å². The van der Waals surface area contributed by atoms with Crippen LogP contribution in [0.25, 0.3) is 126 Å². The van der Waals surface area contributed by atoms with Gasteiger partial charge in [-0.15, -0.1) is 11.3 Å². The first-order valence-electron chi connectivity index (χ1n) is 22.9. The molecule has 0 N–H and O–H groups in total. The summed E-state index contributed by atoms with van der Waals surface area (Å²) in [6.07, 6.45) is 0. The third kappa shape index (κ3) is 6.88. The minimum absolute atomic E-state index is 0.597. The normalized spacial score (nSPS) is 11.5. The van der Waals surface area contributed by atoms with Gasteiger partial charge in [-0.2, -0.15) is 0 Å². The van der Waals surface area contributed by atoms with Crippen molar-refractivity contribution >= 4 is 53.3 Å². The Kier molecular flexibility index (Phi) is 9.66. The van der Waals surface area contributed by atoms with Gasteiger partial charge in [-0.25, -0.2) is 15.0 Å². The summed E-state index contributed by atoms with van der Waals surface area (Å²) in [7, 11) is 0. The van der Waals surface area contributed by atoms with Gasteiger partial charge < -0.3 is 4.57 Å². The van der Waals surface area contributed by atoms with E-state index in [1.807, 2.05) is 23.5 Å². The van der Waals surface area contributed by atoms with Gasteiger partial charge in [0, 0.05) is 58.8 Å². The highest BCUT2D eigenvalue weighted by molar-refractivity contribution is 7.26. The molecule has 0 unspecified atom stereocenters. The van der Waals surface area contributed by atoms with Gasteiger partial charge in [0.1, 0.15) is 0 Å². The molecule has 10 aromatic carbocycles. The highest BCUT2D eigenvalue weighted by Gasteiger charge is 2.24. The standard InChI is InChI=1S/C63H40N4S/c1-5-17-41(18-6-1)43-29-33-47(34-30-43)61-64-62(48-35-31-44(32-36-48)42-19-7-2-8-20-42)66-63(65-61)49-39-53(45-21-9-3-10-22-45)59(54(40-49)46-23-11-4-12-24-46)67-55-27-15-13-26-52(55)58-56(67)38-37-51-50-25-14-16-28-57(50)68-60(51)58/h1-40H. The Morgan fingerprint density at radius 2 is 0.706 bits per heavy atom. The summed E-state index contributed by atoms with van der Waals surface area (Å²) in [5, 5.41) is 5.07. The molecule has 0 amide bonds. The predicted octanol–water partition coefficient (Wildman–Crippen LogP) is 17.0. The average Bonchev–Trinajstić information content (AvgIpc) is 3.97. The number of hydrogen-bond acceptors (Lipinski definition) is 4. The third-order valence-electron chi connectivity index (χ3n) is 13.1. The molecule has 5 heteroatoms. The van der Waals surface area contributed by atoms with Crippen molar-refractivity contribution in [3.63, 3.8) is 0 Å². The molecule has 13 aromatic rings. The topological polar surface area (TPSA) is 43.6 Å². The number of hydrogen-bond donors (Lipinski definition) is 0. The Bertz CT molecular complexity index is 3810. The molecule has 0 atom stereocenters. The van der Waals surface area contributed by atoms with Crippen LogP contribution in [0.15, 0.2) is 243 Å². The Balaban J connectivity index is 1.07. The smallest absolute Gasteiger partial charge is 0.164 e. The van der Waals surface area contributed by atoms with Crippen LogP contribution in [0.4, 0.5) is 0 Å². The van der Waals surface area contributed by atoms with Crippen LogP contribution < -0.4 is 0 Å². The molecule has 0 saturated carbocycles. The van der Waals surface area contributed by atoms with Crippen LogP contribution in [0.1, 0.15) is 0 Å². The first kappa shape index (κ1) is 39.6. The Morgan fingerprint density at radius 1 is 0.294 bits per heavy atom. The van der Waals surface area contributed by atoms with E-state index in [0.717, 1.165) is 77.9 Å². The van der Waals surface area contributed by atoms with E-state index >= 15 is 0 Å². The molecule has 0 saturated heterocycles. The number of thiophene rings is 1. The Morgan fingerprint density at radius 3 is 1.24 bits per heavy atom. The molecule has 0 aliphatic carbocycles. The molecule has 4 nitrogen and oxygen atoms in total. The van der Waals surface area contributed by atoms with E-state index < -0.39 is 0 Å². The number of nitrogens with zero attached hydrogens (tertiary/aromatic N) is 4. The summed E-state index contributed by atoms with van der Waals surface area (Å²) in [5.74, 6) is 1.82. The number of aromatic nitrogens is 4. The molecule has 0 bridgehead atoms. The van der Waals surface area contributed by atoms with Crippen LogP contribution >= 0.6 is 11.3 Å². The van der Waals surface area contributed by atoms with Crippen LogP contribution in [0, 0.1) is 0 Å². The van der Waals surface area contributed by atoms with Crippen molar-refractivity contribution in [2.24, 2.45) is 0 Å². The number of fused-ring (bicyclic) bond motifs is 7. The molecular weight excluding hydrogens is 845 g/mol. The van der Waals surface area contributed by atoms with Crippen molar-refractivity contribution in [3.8, 4) is 84.4 Å². The van der Waals surface area contributed by atoms with Crippen molar-refractivity contribution in [2.45, 2.75) is 0 Å². The molecular formula is C63H40N4S. The molecule has 0 aliphatic heterocycles. The fourth-order valence-electron chi connectivity index (χ4n) is 9.80. The molecule has 68 heavy (non-hydrogen) atoms. The molecule has 0 aliphatic rings. The predicted molar refractivity (Wildman–Crippen MR) is 285 cm³/mol. The number of para-hydroxylation sites is 1. The van der Waals surface area contributed by atoms with Gasteiger partial charge in [-0.1, -0.05) is 212 Å². The van der Waals surface area contributed by atoms with Gasteiger partial charge in [0.25, 0.3) is 0 Å². The fourth-order valence-corrected chi connectivity index (χ4v) is 11.1. The SMILES string of the molecule is c1ccc(-c2ccc(-c3nc(-c4ccc(-c5ccccc5)cc4)nc(-c4cc(-c5ccccc5)c(-n5c6ccccc6c6c7sc8ccccc8c7ccc65)c(-c5ccccc5)c4)n3)cc2)cc1. The first-order chi connectivity index (χ1) is 33.7. The van der Waals surface area contributed by atoms with Crippen molar-refractivity contribution < 1.29 is 0 Å². The monoisotopic (exact) mass is 884 g/mol. The van der Waals surface area contributed by atoms with Crippen molar-refractivity contribution in [1.82, 2.24) is 19.5 Å². The number of benzene rings is 10. The van der Waals surface area contributed by atoms with Crippen LogP contribution in [-0.2, 0) is 0 Å². The molecule has 318 valence electrons. The summed E-state index contributed by atoms with van der Waals surface area (Å²) < 4.78 is 5.09. The highest BCUT2D eigenvalue weighted by Crippen LogP contribution is 2.47. The Labute approximate surface area is 397 Å². The molecule has 0 spiro atoms. The Hall–Kier alpha value is -8.77. The molecule has 0 radical (unpaired) electrons. The largest absolute Gasteiger partial charge is 0.308 e. The zero-order chi connectivity index (χ0) is 45.0. The summed E-state index contributed by atoms with van der Waals surface area (Å²) in [4.78, 5) is 15.9. The van der Waals surface area contributed by atoms with Gasteiger partial charge >= 0.3 is 0 Å². The maximum Gasteiger partial charge on any atom is 0.164 e. The maximum absolute atomic E-state index is 5.36. The number of rotatable bonds is 8. The van der Waals surface area contributed by atoms with Gasteiger partial charge in [-0.05, 0) is 63.7 Å². The van der Waals surface area contributed by atoms with E-state index in [0.29, 0.717) is 17.5 Å². The van der Waals surface area contributed by atoms with E-state index in [4.69, 9.17) is 15.0 Å². The van der Waals surface area contributed by atoms with E-state index in [-0.39, 0.29) is 0 Å². The van der Waals surface area contributed by atoms with E-state index in [1.165, 1.54) is 30.9 Å². The second kappa shape index (κ2) is 16.6. The van der Waals surface area contributed by atoms with Crippen molar-refractivity contribution in [1.29, 1.82) is 0 Å². The lowest BCUT2D eigenvalue weighted by Gasteiger charge is -2.21. The minimum Gasteiger partial charge on any atom is -0.308 e. The molecule has 3 aromatic heterocycles. The van der Waals surface area contributed by atoms with E-state index in [2.05, 4.69) is 235 Å². The molecule has 13 rings (SSSR count). The highest BCUT2D eigenvalue weighted by atomic mass is 32.1.